The Hall–Kier alpha value is -1.59. The Morgan fingerprint density at radius 3 is 2.67 bits per heavy atom. The van der Waals surface area contributed by atoms with Gasteiger partial charge in [-0.2, -0.15) is 8.78 Å². The molecule has 0 N–H and O–H groups in total. The molecule has 0 saturated carbocycles. The minimum Gasteiger partial charge on any atom is -0.461 e. The standard InChI is InChI=1S/C9H8F3NO2/c1-2-15-8(14)9(11,12)7-4-3-6(10)5-13-7/h3-5H,2H2,1H3. The van der Waals surface area contributed by atoms with Crippen LogP contribution in [0.25, 0.3) is 0 Å². The van der Waals surface area contributed by atoms with Crippen molar-refractivity contribution >= 4 is 5.97 Å². The summed E-state index contributed by atoms with van der Waals surface area (Å²) in [4.78, 5) is 14.0. The molecule has 3 nitrogen and oxygen atoms in total. The number of aromatic nitrogens is 1. The second kappa shape index (κ2) is 4.29. The van der Waals surface area contributed by atoms with Gasteiger partial charge in [-0.15, -0.1) is 0 Å². The molecule has 0 saturated heterocycles. The maximum atomic E-state index is 13.2. The molecule has 82 valence electrons. The van der Waals surface area contributed by atoms with Gasteiger partial charge in [-0.3, -0.25) is 4.98 Å². The normalized spacial score (nSPS) is 11.2. The van der Waals surface area contributed by atoms with Crippen molar-refractivity contribution in [3.8, 4) is 0 Å². The fourth-order valence-electron chi connectivity index (χ4n) is 0.888. The number of rotatable bonds is 3. The quantitative estimate of drug-likeness (QED) is 0.728. The van der Waals surface area contributed by atoms with Crippen LogP contribution in [0.3, 0.4) is 0 Å². The second-order valence-corrected chi connectivity index (χ2v) is 2.66. The van der Waals surface area contributed by atoms with Crippen molar-refractivity contribution < 1.29 is 22.7 Å². The highest BCUT2D eigenvalue weighted by Crippen LogP contribution is 2.27. The zero-order valence-electron chi connectivity index (χ0n) is 7.84. The van der Waals surface area contributed by atoms with E-state index in [4.69, 9.17) is 0 Å². The fourth-order valence-corrected chi connectivity index (χ4v) is 0.888. The number of carbonyl (C=O) groups excluding carboxylic acids is 1. The maximum Gasteiger partial charge on any atom is 0.384 e. The average Bonchev–Trinajstić information content (AvgIpc) is 2.18. The number of esters is 1. The van der Waals surface area contributed by atoms with Gasteiger partial charge in [-0.1, -0.05) is 0 Å². The number of ether oxygens (including phenoxy) is 1. The van der Waals surface area contributed by atoms with Gasteiger partial charge in [-0.25, -0.2) is 9.18 Å². The van der Waals surface area contributed by atoms with Gasteiger partial charge in [0.05, 0.1) is 12.8 Å². The van der Waals surface area contributed by atoms with Crippen molar-refractivity contribution in [3.05, 3.63) is 29.8 Å². The third-order valence-corrected chi connectivity index (χ3v) is 1.58. The van der Waals surface area contributed by atoms with Crippen molar-refractivity contribution in [2.45, 2.75) is 12.8 Å². The van der Waals surface area contributed by atoms with Crippen molar-refractivity contribution in [2.75, 3.05) is 6.61 Å². The average molecular weight is 219 g/mol. The Morgan fingerprint density at radius 2 is 2.20 bits per heavy atom. The van der Waals surface area contributed by atoms with Crippen LogP contribution in [0.5, 0.6) is 0 Å². The van der Waals surface area contributed by atoms with Crippen LogP contribution >= 0.6 is 0 Å². The van der Waals surface area contributed by atoms with Crippen LogP contribution in [0.15, 0.2) is 18.3 Å². The highest BCUT2D eigenvalue weighted by molar-refractivity contribution is 5.78. The van der Waals surface area contributed by atoms with E-state index in [1.165, 1.54) is 6.92 Å². The summed E-state index contributed by atoms with van der Waals surface area (Å²) in [6, 6.07) is 1.54. The number of alkyl halides is 2. The third kappa shape index (κ3) is 2.45. The monoisotopic (exact) mass is 219 g/mol. The minimum atomic E-state index is -3.84. The van der Waals surface area contributed by atoms with E-state index < -0.39 is 23.4 Å². The Labute approximate surface area is 83.9 Å². The van der Waals surface area contributed by atoms with Gasteiger partial charge in [0.15, 0.2) is 0 Å². The molecule has 0 aliphatic heterocycles. The van der Waals surface area contributed by atoms with E-state index in [0.717, 1.165) is 12.1 Å². The number of nitrogens with zero attached hydrogens (tertiary/aromatic N) is 1. The first kappa shape index (κ1) is 11.5. The molecule has 6 heteroatoms. The minimum absolute atomic E-state index is 0.157. The van der Waals surface area contributed by atoms with Crippen LogP contribution in [0.1, 0.15) is 12.6 Å². The lowest BCUT2D eigenvalue weighted by atomic mass is 10.2. The molecule has 0 aliphatic carbocycles. The van der Waals surface area contributed by atoms with Gasteiger partial charge < -0.3 is 4.74 Å². The molecule has 0 aliphatic rings. The highest BCUT2D eigenvalue weighted by atomic mass is 19.3. The van der Waals surface area contributed by atoms with Gasteiger partial charge >= 0.3 is 11.9 Å². The largest absolute Gasteiger partial charge is 0.461 e. The number of hydrogen-bond acceptors (Lipinski definition) is 3. The Morgan fingerprint density at radius 1 is 1.53 bits per heavy atom. The summed E-state index contributed by atoms with van der Waals surface area (Å²) in [5, 5.41) is 0. The molecule has 0 fully saturated rings. The van der Waals surface area contributed by atoms with Crippen LogP contribution in [0.4, 0.5) is 13.2 Å². The third-order valence-electron chi connectivity index (χ3n) is 1.58. The van der Waals surface area contributed by atoms with Crippen molar-refractivity contribution in [2.24, 2.45) is 0 Å². The Kier molecular flexibility index (Phi) is 3.28. The summed E-state index contributed by atoms with van der Waals surface area (Å²) < 4.78 is 43.0. The smallest absolute Gasteiger partial charge is 0.384 e. The number of carbonyl (C=O) groups is 1. The first-order valence-corrected chi connectivity index (χ1v) is 4.15. The molecule has 0 bridgehead atoms. The van der Waals surface area contributed by atoms with Crippen molar-refractivity contribution in [1.82, 2.24) is 4.98 Å². The lowest BCUT2D eigenvalue weighted by molar-refractivity contribution is -0.173. The summed E-state index contributed by atoms with van der Waals surface area (Å²) in [5.74, 6) is -6.29. The number of halogens is 3. The van der Waals surface area contributed by atoms with Gasteiger partial charge in [0, 0.05) is 0 Å². The highest BCUT2D eigenvalue weighted by Gasteiger charge is 2.44. The fraction of sp³-hybridized carbons (Fsp3) is 0.333. The summed E-state index contributed by atoms with van der Waals surface area (Å²) in [5.41, 5.74) is -0.831. The first-order chi connectivity index (χ1) is 6.98. The van der Waals surface area contributed by atoms with Gasteiger partial charge in [0.1, 0.15) is 11.5 Å². The molecule has 0 radical (unpaired) electrons. The molecule has 1 heterocycles. The molecule has 15 heavy (non-hydrogen) atoms. The topological polar surface area (TPSA) is 39.2 Å². The molecular formula is C9H8F3NO2. The van der Waals surface area contributed by atoms with Crippen molar-refractivity contribution in [3.63, 3.8) is 0 Å². The second-order valence-electron chi connectivity index (χ2n) is 2.66. The van der Waals surface area contributed by atoms with Crippen LogP contribution in [0.2, 0.25) is 0 Å². The predicted molar refractivity (Wildman–Crippen MR) is 44.7 cm³/mol. The van der Waals surface area contributed by atoms with Gasteiger partial charge in [-0.05, 0) is 19.1 Å². The predicted octanol–water partition coefficient (Wildman–Crippen LogP) is 1.88. The summed E-state index contributed by atoms with van der Waals surface area (Å²) in [6.07, 6.45) is 0.614. The molecule has 1 rings (SSSR count). The van der Waals surface area contributed by atoms with E-state index in [1.807, 2.05) is 0 Å². The molecule has 0 aromatic carbocycles. The molecule has 0 atom stereocenters. The molecule has 0 spiro atoms. The van der Waals surface area contributed by atoms with E-state index in [9.17, 15) is 18.0 Å². The first-order valence-electron chi connectivity index (χ1n) is 4.15. The van der Waals surface area contributed by atoms with Crippen LogP contribution in [0, 0.1) is 5.82 Å². The lowest BCUT2D eigenvalue weighted by Crippen LogP contribution is -2.29. The van der Waals surface area contributed by atoms with Crippen LogP contribution in [-0.2, 0) is 15.5 Å². The maximum absolute atomic E-state index is 13.2. The van der Waals surface area contributed by atoms with Crippen LogP contribution < -0.4 is 0 Å². The van der Waals surface area contributed by atoms with Crippen LogP contribution in [-0.4, -0.2) is 17.6 Å². The van der Waals surface area contributed by atoms with Crippen molar-refractivity contribution in [1.29, 1.82) is 0 Å². The van der Waals surface area contributed by atoms with Gasteiger partial charge in [0.2, 0.25) is 0 Å². The zero-order chi connectivity index (χ0) is 11.5. The van der Waals surface area contributed by atoms with Gasteiger partial charge in [0.25, 0.3) is 0 Å². The summed E-state index contributed by atoms with van der Waals surface area (Å²) in [6.45, 7) is 1.25. The number of hydrogen-bond donors (Lipinski definition) is 0. The molecule has 1 aromatic heterocycles. The van der Waals surface area contributed by atoms with E-state index >= 15 is 0 Å². The SMILES string of the molecule is CCOC(=O)C(F)(F)c1ccc(F)cn1. The molecule has 0 unspecified atom stereocenters. The molecule has 0 amide bonds. The lowest BCUT2D eigenvalue weighted by Gasteiger charge is -2.13. The zero-order valence-corrected chi connectivity index (χ0v) is 7.84. The number of pyridine rings is 1. The Bertz CT molecular complexity index is 351. The summed E-state index contributed by atoms with van der Waals surface area (Å²) in [7, 11) is 0. The van der Waals surface area contributed by atoms with E-state index in [1.54, 1.807) is 0 Å². The van der Waals surface area contributed by atoms with E-state index in [-0.39, 0.29) is 6.61 Å². The van der Waals surface area contributed by atoms with E-state index in [2.05, 4.69) is 9.72 Å². The van der Waals surface area contributed by atoms with E-state index in [0.29, 0.717) is 6.20 Å². The molecular weight excluding hydrogens is 211 g/mol. The molecule has 1 aromatic rings. The summed E-state index contributed by atoms with van der Waals surface area (Å²) >= 11 is 0. The Balaban J connectivity index is 2.94.